The van der Waals surface area contributed by atoms with Crippen LogP contribution in [0, 0.1) is 0 Å². The van der Waals surface area contributed by atoms with E-state index in [0.717, 1.165) is 41.2 Å². The molecular weight excluding hydrogens is 356 g/mol. The zero-order valence-corrected chi connectivity index (χ0v) is 17.0. The van der Waals surface area contributed by atoms with E-state index in [0.29, 0.717) is 11.7 Å². The zero-order valence-electron chi connectivity index (χ0n) is 17.0. The first-order valence-corrected chi connectivity index (χ1v) is 9.83. The van der Waals surface area contributed by atoms with Gasteiger partial charge in [0.1, 0.15) is 17.6 Å². The minimum absolute atomic E-state index is 0.195. The van der Waals surface area contributed by atoms with Gasteiger partial charge in [0.2, 0.25) is 0 Å². The lowest BCUT2D eigenvalue weighted by molar-refractivity contribution is -0.0399. The molecule has 150 valence electrons. The van der Waals surface area contributed by atoms with Crippen LogP contribution < -0.4 is 18.9 Å². The number of fused-ring (bicyclic) bond motifs is 3. The van der Waals surface area contributed by atoms with Gasteiger partial charge in [0.15, 0.2) is 11.5 Å². The highest BCUT2D eigenvalue weighted by Gasteiger charge is 2.39. The molecule has 2 aromatic carbocycles. The maximum atomic E-state index is 6.69. The van der Waals surface area contributed by atoms with Gasteiger partial charge in [-0.15, -0.1) is 0 Å². The molecule has 0 aromatic heterocycles. The van der Waals surface area contributed by atoms with Crippen molar-refractivity contribution in [1.82, 2.24) is 0 Å². The third-order valence-corrected chi connectivity index (χ3v) is 6.00. The van der Waals surface area contributed by atoms with Crippen LogP contribution in [-0.4, -0.2) is 34.5 Å². The Morgan fingerprint density at radius 2 is 1.39 bits per heavy atom. The third kappa shape index (κ3) is 3.18. The van der Waals surface area contributed by atoms with Crippen molar-refractivity contribution >= 4 is 0 Å². The third-order valence-electron chi connectivity index (χ3n) is 6.00. The molecule has 1 heterocycles. The Labute approximate surface area is 166 Å². The van der Waals surface area contributed by atoms with Gasteiger partial charge in [0.05, 0.1) is 34.5 Å². The van der Waals surface area contributed by atoms with E-state index in [1.165, 1.54) is 18.4 Å². The summed E-state index contributed by atoms with van der Waals surface area (Å²) in [5.41, 5.74) is 3.38. The summed E-state index contributed by atoms with van der Waals surface area (Å²) in [6, 6.07) is 10.0. The minimum atomic E-state index is -0.237. The molecule has 2 aromatic rings. The molecule has 0 spiro atoms. The second kappa shape index (κ2) is 7.92. The van der Waals surface area contributed by atoms with Crippen molar-refractivity contribution in [2.24, 2.45) is 0 Å². The van der Waals surface area contributed by atoms with Crippen LogP contribution in [0.4, 0.5) is 0 Å². The fraction of sp³-hybridized carbons (Fsp3) is 0.478. The van der Waals surface area contributed by atoms with Crippen LogP contribution in [0.3, 0.4) is 0 Å². The number of rotatable bonds is 5. The van der Waals surface area contributed by atoms with Crippen molar-refractivity contribution in [2.45, 2.75) is 43.8 Å². The molecule has 3 atom stereocenters. The van der Waals surface area contributed by atoms with E-state index in [2.05, 4.69) is 12.1 Å². The molecule has 0 N–H and O–H groups in total. The number of ether oxygens (including phenoxy) is 5. The zero-order chi connectivity index (χ0) is 19.7. The Balaban J connectivity index is 1.90. The molecule has 1 fully saturated rings. The highest BCUT2D eigenvalue weighted by molar-refractivity contribution is 5.55. The number of hydrogen-bond acceptors (Lipinski definition) is 5. The van der Waals surface area contributed by atoms with Crippen molar-refractivity contribution < 1.29 is 23.7 Å². The molecule has 0 radical (unpaired) electrons. The standard InChI is InChI=1S/C23H28O5/c1-24-14-9-10-19(25-2)18(11-14)23-17-13-22(27-4)21(26-3)12-16(17)15-7-5-6-8-20(15)28-23/h9-13,15,20,23H,5-8H2,1-4H3/t15-,20+,23-/m1/s1. The Morgan fingerprint density at radius 1 is 0.714 bits per heavy atom. The lowest BCUT2D eigenvalue weighted by Crippen LogP contribution is -2.34. The molecule has 0 bridgehead atoms. The van der Waals surface area contributed by atoms with Crippen LogP contribution in [0.1, 0.15) is 54.4 Å². The van der Waals surface area contributed by atoms with Crippen LogP contribution in [-0.2, 0) is 4.74 Å². The summed E-state index contributed by atoms with van der Waals surface area (Å²) in [5, 5.41) is 0. The van der Waals surface area contributed by atoms with Crippen LogP contribution in [0.2, 0.25) is 0 Å². The Hall–Kier alpha value is -2.40. The van der Waals surface area contributed by atoms with Crippen molar-refractivity contribution in [3.63, 3.8) is 0 Å². The Bertz CT molecular complexity index is 847. The van der Waals surface area contributed by atoms with Crippen molar-refractivity contribution in [2.75, 3.05) is 28.4 Å². The van der Waals surface area contributed by atoms with Crippen LogP contribution >= 0.6 is 0 Å². The van der Waals surface area contributed by atoms with Gasteiger partial charge in [0.25, 0.3) is 0 Å². The predicted molar refractivity (Wildman–Crippen MR) is 107 cm³/mol. The van der Waals surface area contributed by atoms with Crippen LogP contribution in [0.5, 0.6) is 23.0 Å². The molecule has 0 amide bonds. The smallest absolute Gasteiger partial charge is 0.161 e. The molecule has 0 saturated heterocycles. The minimum Gasteiger partial charge on any atom is -0.497 e. The molecular formula is C23H28O5. The van der Waals surface area contributed by atoms with E-state index in [1.54, 1.807) is 28.4 Å². The van der Waals surface area contributed by atoms with Gasteiger partial charge in [-0.2, -0.15) is 0 Å². The van der Waals surface area contributed by atoms with Crippen molar-refractivity contribution in [3.8, 4) is 23.0 Å². The van der Waals surface area contributed by atoms with Crippen LogP contribution in [0.15, 0.2) is 30.3 Å². The van der Waals surface area contributed by atoms with E-state index in [9.17, 15) is 0 Å². The van der Waals surface area contributed by atoms with Gasteiger partial charge in [-0.05, 0) is 54.3 Å². The van der Waals surface area contributed by atoms with E-state index < -0.39 is 0 Å². The molecule has 1 aliphatic carbocycles. The summed E-state index contributed by atoms with van der Waals surface area (Å²) in [6.45, 7) is 0. The second-order valence-electron chi connectivity index (χ2n) is 7.39. The summed E-state index contributed by atoms with van der Waals surface area (Å²) < 4.78 is 29.0. The molecule has 5 heteroatoms. The molecule has 28 heavy (non-hydrogen) atoms. The SMILES string of the molecule is COc1ccc(OC)c([C@@H]2O[C@H]3CCCC[C@@H]3c3cc(OC)c(OC)cc32)c1. The monoisotopic (exact) mass is 384 g/mol. The molecule has 0 unspecified atom stereocenters. The summed E-state index contributed by atoms with van der Waals surface area (Å²) >= 11 is 0. The maximum absolute atomic E-state index is 6.69. The topological polar surface area (TPSA) is 46.2 Å². The average molecular weight is 384 g/mol. The van der Waals surface area contributed by atoms with Crippen molar-refractivity contribution in [1.29, 1.82) is 0 Å². The van der Waals surface area contributed by atoms with E-state index >= 15 is 0 Å². The lowest BCUT2D eigenvalue weighted by atomic mass is 9.75. The Morgan fingerprint density at radius 3 is 2.07 bits per heavy atom. The number of hydrogen-bond donors (Lipinski definition) is 0. The highest BCUT2D eigenvalue weighted by Crippen LogP contribution is 2.51. The van der Waals surface area contributed by atoms with Gasteiger partial charge in [-0.1, -0.05) is 12.8 Å². The lowest BCUT2D eigenvalue weighted by Gasteiger charge is -2.41. The number of methoxy groups -OCH3 is 4. The summed E-state index contributed by atoms with van der Waals surface area (Å²) in [6.07, 6.45) is 4.59. The van der Waals surface area contributed by atoms with Crippen LogP contribution in [0.25, 0.3) is 0 Å². The predicted octanol–water partition coefficient (Wildman–Crippen LogP) is 4.87. The van der Waals surface area contributed by atoms with Gasteiger partial charge in [0, 0.05) is 11.5 Å². The quantitative estimate of drug-likeness (QED) is 0.736. The largest absolute Gasteiger partial charge is 0.497 e. The fourth-order valence-electron chi connectivity index (χ4n) is 4.61. The highest BCUT2D eigenvalue weighted by atomic mass is 16.5. The molecule has 4 rings (SSSR count). The molecule has 5 nitrogen and oxygen atoms in total. The summed E-state index contributed by atoms with van der Waals surface area (Å²) in [7, 11) is 6.71. The first kappa shape index (κ1) is 18.9. The van der Waals surface area contributed by atoms with Crippen molar-refractivity contribution in [3.05, 3.63) is 47.0 Å². The molecule has 2 aliphatic rings. The van der Waals surface area contributed by atoms with Gasteiger partial charge in [-0.3, -0.25) is 0 Å². The Kier molecular flexibility index (Phi) is 5.36. The second-order valence-corrected chi connectivity index (χ2v) is 7.39. The summed E-state index contributed by atoms with van der Waals surface area (Å²) in [5.74, 6) is 3.44. The van der Waals surface area contributed by atoms with Gasteiger partial charge >= 0.3 is 0 Å². The molecule has 1 aliphatic heterocycles. The normalized spacial score (nSPS) is 23.4. The maximum Gasteiger partial charge on any atom is 0.161 e. The van der Waals surface area contributed by atoms with Gasteiger partial charge < -0.3 is 23.7 Å². The first-order chi connectivity index (χ1) is 13.7. The van der Waals surface area contributed by atoms with E-state index in [-0.39, 0.29) is 12.2 Å². The van der Waals surface area contributed by atoms with E-state index in [1.807, 2.05) is 18.2 Å². The summed E-state index contributed by atoms with van der Waals surface area (Å²) in [4.78, 5) is 0. The average Bonchev–Trinajstić information content (AvgIpc) is 2.76. The fourth-order valence-corrected chi connectivity index (χ4v) is 4.61. The van der Waals surface area contributed by atoms with Gasteiger partial charge in [-0.25, -0.2) is 0 Å². The molecule has 1 saturated carbocycles. The van der Waals surface area contributed by atoms with E-state index in [4.69, 9.17) is 23.7 Å². The first-order valence-electron chi connectivity index (χ1n) is 9.83. The number of benzene rings is 2.